The van der Waals surface area contributed by atoms with Crippen molar-refractivity contribution in [1.29, 1.82) is 0 Å². The van der Waals surface area contributed by atoms with E-state index in [0.717, 1.165) is 66.5 Å². The maximum atomic E-state index is 15.5. The highest BCUT2D eigenvalue weighted by Crippen LogP contribution is 2.45. The van der Waals surface area contributed by atoms with Gasteiger partial charge >= 0.3 is 0 Å². The molecule has 0 aliphatic heterocycles. The summed E-state index contributed by atoms with van der Waals surface area (Å²) in [4.78, 5) is 0. The highest BCUT2D eigenvalue weighted by molar-refractivity contribution is 5.71. The number of hydrogen-bond donors (Lipinski definition) is 0. The molecule has 0 heterocycles. The van der Waals surface area contributed by atoms with Crippen molar-refractivity contribution in [2.45, 2.75) is 116 Å². The van der Waals surface area contributed by atoms with Crippen molar-refractivity contribution < 1.29 is 17.9 Å². The molecule has 2 saturated carbocycles. The van der Waals surface area contributed by atoms with Crippen LogP contribution in [0.25, 0.3) is 22.3 Å². The Labute approximate surface area is 275 Å². The van der Waals surface area contributed by atoms with Crippen molar-refractivity contribution in [1.82, 2.24) is 0 Å². The van der Waals surface area contributed by atoms with Crippen molar-refractivity contribution in [3.63, 3.8) is 0 Å². The summed E-state index contributed by atoms with van der Waals surface area (Å²) in [5, 5.41) is 0. The number of rotatable bonds is 14. The molecule has 3 aromatic rings. The predicted octanol–water partition coefficient (Wildman–Crippen LogP) is 13.2. The molecule has 0 unspecified atom stereocenters. The molecular formula is C42H53F3O. The van der Waals surface area contributed by atoms with Crippen LogP contribution >= 0.6 is 0 Å². The van der Waals surface area contributed by atoms with Crippen LogP contribution < -0.4 is 4.74 Å². The number of ether oxygens (including phenoxy) is 1. The van der Waals surface area contributed by atoms with Crippen LogP contribution in [0.15, 0.2) is 66.7 Å². The first-order chi connectivity index (χ1) is 22.5. The van der Waals surface area contributed by atoms with Gasteiger partial charge in [-0.1, -0.05) is 94.0 Å². The number of benzene rings is 3. The highest BCUT2D eigenvalue weighted by Gasteiger charge is 2.31. The topological polar surface area (TPSA) is 9.23 Å². The molecule has 0 spiro atoms. The molecule has 0 N–H and O–H groups in total. The Morgan fingerprint density at radius 2 is 1.26 bits per heavy atom. The van der Waals surface area contributed by atoms with Crippen LogP contribution in [-0.2, 0) is 0 Å². The van der Waals surface area contributed by atoms with Gasteiger partial charge in [-0.2, -0.15) is 4.39 Å². The monoisotopic (exact) mass is 630 g/mol. The van der Waals surface area contributed by atoms with E-state index in [2.05, 4.69) is 26.0 Å². The maximum absolute atomic E-state index is 15.5. The minimum atomic E-state index is -0.951. The largest absolute Gasteiger partial charge is 0.490 e. The number of halogens is 3. The fourth-order valence-corrected chi connectivity index (χ4v) is 7.97. The van der Waals surface area contributed by atoms with Crippen LogP contribution in [0, 0.1) is 35.2 Å². The van der Waals surface area contributed by atoms with Crippen molar-refractivity contribution in [2.24, 2.45) is 17.8 Å². The van der Waals surface area contributed by atoms with Gasteiger partial charge in [-0.3, -0.25) is 0 Å². The first-order valence-corrected chi connectivity index (χ1v) is 18.1. The van der Waals surface area contributed by atoms with Gasteiger partial charge in [-0.15, -0.1) is 0 Å². The summed E-state index contributed by atoms with van der Waals surface area (Å²) in [7, 11) is 0. The van der Waals surface area contributed by atoms with Crippen molar-refractivity contribution in [2.75, 3.05) is 6.61 Å². The minimum Gasteiger partial charge on any atom is -0.490 e. The van der Waals surface area contributed by atoms with Gasteiger partial charge in [-0.25, -0.2) is 8.78 Å². The van der Waals surface area contributed by atoms with E-state index >= 15 is 8.78 Å². The van der Waals surface area contributed by atoms with Gasteiger partial charge in [0.2, 0.25) is 5.82 Å². The SMILES string of the molecule is CC=CC1CCC(C2CCC(c3ccc(-c4ccc(-c5ccc(OCCCCCCCCC)c(F)c5F)cc4)cc3F)CC2)CC1. The zero-order valence-electron chi connectivity index (χ0n) is 28.0. The van der Waals surface area contributed by atoms with Gasteiger partial charge in [0, 0.05) is 5.56 Å². The molecule has 4 heteroatoms. The van der Waals surface area contributed by atoms with E-state index in [-0.39, 0.29) is 23.0 Å². The van der Waals surface area contributed by atoms with E-state index in [1.165, 1.54) is 70.3 Å². The Morgan fingerprint density at radius 3 is 1.91 bits per heavy atom. The lowest BCUT2D eigenvalue weighted by molar-refractivity contribution is 0.171. The maximum Gasteiger partial charge on any atom is 0.201 e. The van der Waals surface area contributed by atoms with E-state index < -0.39 is 11.6 Å². The van der Waals surface area contributed by atoms with Crippen LogP contribution in [-0.4, -0.2) is 6.61 Å². The lowest BCUT2D eigenvalue weighted by Gasteiger charge is -2.37. The predicted molar refractivity (Wildman–Crippen MR) is 186 cm³/mol. The summed E-state index contributed by atoms with van der Waals surface area (Å²) in [5.41, 5.74) is 3.24. The summed E-state index contributed by atoms with van der Waals surface area (Å²) in [6.45, 7) is 4.70. The van der Waals surface area contributed by atoms with Crippen molar-refractivity contribution in [3.8, 4) is 28.0 Å². The molecule has 0 aromatic heterocycles. The molecule has 2 aliphatic rings. The van der Waals surface area contributed by atoms with Gasteiger partial charge in [-0.05, 0) is 129 Å². The Hall–Kier alpha value is -3.01. The van der Waals surface area contributed by atoms with Gasteiger partial charge in [0.15, 0.2) is 11.6 Å². The third-order valence-corrected chi connectivity index (χ3v) is 10.7. The fraction of sp³-hybridized carbons (Fsp3) is 0.524. The number of unbranched alkanes of at least 4 members (excludes halogenated alkanes) is 6. The van der Waals surface area contributed by atoms with Crippen molar-refractivity contribution in [3.05, 3.63) is 89.8 Å². The average Bonchev–Trinajstić information content (AvgIpc) is 3.08. The molecule has 0 atom stereocenters. The molecule has 0 amide bonds. The molecule has 0 bridgehead atoms. The zero-order valence-corrected chi connectivity index (χ0v) is 28.0. The quantitative estimate of drug-likeness (QED) is 0.127. The van der Waals surface area contributed by atoms with E-state index in [9.17, 15) is 4.39 Å². The standard InChI is InChI=1S/C42H53F3O/c1-3-5-6-7-8-9-10-28-46-40-27-26-38(41(44)42(40)45)35-22-18-33(19-23-35)36-24-25-37(39(43)29-36)34-20-16-32(17-21-34)31-14-12-30(11-4-2)13-15-31/h4,11,18-19,22-27,29-32,34H,3,5-10,12-17,20-21,28H2,1-2H3. The average molecular weight is 631 g/mol. The summed E-state index contributed by atoms with van der Waals surface area (Å²) in [5.74, 6) is 0.643. The Bertz CT molecular complexity index is 1400. The molecule has 3 aromatic carbocycles. The van der Waals surface area contributed by atoms with Crippen LogP contribution in [0.4, 0.5) is 13.2 Å². The van der Waals surface area contributed by atoms with Gasteiger partial charge < -0.3 is 4.74 Å². The summed E-state index contributed by atoms with van der Waals surface area (Å²) in [6.07, 6.45) is 22.4. The highest BCUT2D eigenvalue weighted by atomic mass is 19.2. The van der Waals surface area contributed by atoms with Crippen LogP contribution in [0.2, 0.25) is 0 Å². The Balaban J connectivity index is 1.14. The summed E-state index contributed by atoms with van der Waals surface area (Å²) >= 11 is 0. The molecule has 1 nitrogen and oxygen atoms in total. The van der Waals surface area contributed by atoms with Crippen LogP contribution in [0.3, 0.4) is 0 Å². The van der Waals surface area contributed by atoms with Crippen LogP contribution in [0.5, 0.6) is 5.75 Å². The minimum absolute atomic E-state index is 0.0416. The third kappa shape index (κ3) is 8.87. The normalized spacial score (nSPS) is 21.9. The lowest BCUT2D eigenvalue weighted by Crippen LogP contribution is -2.25. The molecule has 46 heavy (non-hydrogen) atoms. The molecule has 2 aliphatic carbocycles. The van der Waals surface area contributed by atoms with E-state index in [1.807, 2.05) is 24.3 Å². The van der Waals surface area contributed by atoms with Crippen molar-refractivity contribution >= 4 is 0 Å². The Kier molecular flexibility index (Phi) is 12.9. The van der Waals surface area contributed by atoms with E-state index in [0.29, 0.717) is 12.2 Å². The molecule has 0 radical (unpaired) electrons. The molecule has 248 valence electrons. The lowest BCUT2D eigenvalue weighted by atomic mass is 9.68. The smallest absolute Gasteiger partial charge is 0.201 e. The van der Waals surface area contributed by atoms with Gasteiger partial charge in [0.1, 0.15) is 5.82 Å². The summed E-state index contributed by atoms with van der Waals surface area (Å²) < 4.78 is 50.9. The molecular weight excluding hydrogens is 577 g/mol. The second-order valence-electron chi connectivity index (χ2n) is 13.8. The Morgan fingerprint density at radius 1 is 0.652 bits per heavy atom. The second kappa shape index (κ2) is 17.2. The molecule has 2 fully saturated rings. The van der Waals surface area contributed by atoms with Gasteiger partial charge in [0.25, 0.3) is 0 Å². The molecule has 5 rings (SSSR count). The number of hydrogen-bond acceptors (Lipinski definition) is 1. The van der Waals surface area contributed by atoms with E-state index in [1.54, 1.807) is 24.3 Å². The number of allylic oxidation sites excluding steroid dienone is 2. The first-order valence-electron chi connectivity index (χ1n) is 18.1. The second-order valence-corrected chi connectivity index (χ2v) is 13.8. The third-order valence-electron chi connectivity index (χ3n) is 10.7. The first kappa shape index (κ1) is 34.3. The zero-order chi connectivity index (χ0) is 32.3. The summed E-state index contributed by atoms with van der Waals surface area (Å²) in [6, 6.07) is 15.9. The fourth-order valence-electron chi connectivity index (χ4n) is 7.97. The molecule has 0 saturated heterocycles. The van der Waals surface area contributed by atoms with Crippen LogP contribution in [0.1, 0.15) is 122 Å². The van der Waals surface area contributed by atoms with E-state index in [4.69, 9.17) is 4.74 Å². The van der Waals surface area contributed by atoms with Gasteiger partial charge in [0.05, 0.1) is 6.61 Å².